The molecule has 1 fully saturated rings. The fraction of sp³-hybridized carbons (Fsp3) is 0.533. The highest BCUT2D eigenvalue weighted by Crippen LogP contribution is 2.33. The lowest BCUT2D eigenvalue weighted by Gasteiger charge is -2.17. The number of nitrogens with zero attached hydrogens (tertiary/aromatic N) is 1. The molecule has 0 spiro atoms. The summed E-state index contributed by atoms with van der Waals surface area (Å²) in [7, 11) is 0. The minimum Gasteiger partial charge on any atom is -0.386 e. The summed E-state index contributed by atoms with van der Waals surface area (Å²) < 4.78 is 0. The quantitative estimate of drug-likeness (QED) is 0.850. The van der Waals surface area contributed by atoms with Gasteiger partial charge in [-0.05, 0) is 44.4 Å². The van der Waals surface area contributed by atoms with Gasteiger partial charge in [0.1, 0.15) is 5.82 Å². The number of benzene rings is 1. The van der Waals surface area contributed by atoms with E-state index in [2.05, 4.69) is 9.97 Å². The zero-order valence-corrected chi connectivity index (χ0v) is 11.0. The van der Waals surface area contributed by atoms with Gasteiger partial charge in [0.05, 0.1) is 16.6 Å². The number of nitrogens with one attached hydrogen (secondary N) is 1. The van der Waals surface area contributed by atoms with Crippen LogP contribution in [0.5, 0.6) is 0 Å². The van der Waals surface area contributed by atoms with Gasteiger partial charge in [0, 0.05) is 5.92 Å². The third-order valence-electron chi connectivity index (χ3n) is 3.95. The lowest BCUT2D eigenvalue weighted by molar-refractivity contribution is 0.0787. The first kappa shape index (κ1) is 11.7. The number of aromatic nitrogens is 2. The van der Waals surface area contributed by atoms with Crippen LogP contribution in [0.15, 0.2) is 18.2 Å². The van der Waals surface area contributed by atoms with Crippen molar-refractivity contribution >= 4 is 11.0 Å². The molecule has 18 heavy (non-hydrogen) atoms. The van der Waals surface area contributed by atoms with Crippen molar-refractivity contribution in [3.63, 3.8) is 0 Å². The Morgan fingerprint density at radius 3 is 2.67 bits per heavy atom. The fourth-order valence-electron chi connectivity index (χ4n) is 2.80. The first-order chi connectivity index (χ1) is 8.54. The van der Waals surface area contributed by atoms with E-state index in [-0.39, 0.29) is 0 Å². The van der Waals surface area contributed by atoms with Crippen LogP contribution in [0.2, 0.25) is 0 Å². The van der Waals surface area contributed by atoms with Gasteiger partial charge in [-0.2, -0.15) is 0 Å². The number of hydrogen-bond acceptors (Lipinski definition) is 2. The molecular weight excluding hydrogens is 224 g/mol. The molecule has 3 nitrogen and oxygen atoms in total. The van der Waals surface area contributed by atoms with Crippen LogP contribution in [0.4, 0.5) is 0 Å². The van der Waals surface area contributed by atoms with E-state index in [4.69, 9.17) is 0 Å². The van der Waals surface area contributed by atoms with Crippen LogP contribution in [0.25, 0.3) is 11.0 Å². The Balaban J connectivity index is 2.01. The van der Waals surface area contributed by atoms with Crippen molar-refractivity contribution in [1.29, 1.82) is 0 Å². The molecule has 2 N–H and O–H groups in total. The van der Waals surface area contributed by atoms with Crippen molar-refractivity contribution in [3.8, 4) is 0 Å². The van der Waals surface area contributed by atoms with Crippen LogP contribution in [-0.2, 0) is 5.60 Å². The molecule has 2 aromatic rings. The molecule has 0 saturated heterocycles. The lowest BCUT2D eigenvalue weighted by atomic mass is 9.98. The van der Waals surface area contributed by atoms with Crippen molar-refractivity contribution in [3.05, 3.63) is 29.6 Å². The number of H-pyrrole nitrogens is 1. The second-order valence-electron chi connectivity index (χ2n) is 5.89. The number of imidazole rings is 1. The molecule has 1 heterocycles. The van der Waals surface area contributed by atoms with E-state index in [1.165, 1.54) is 25.7 Å². The van der Waals surface area contributed by atoms with Crippen molar-refractivity contribution in [2.24, 2.45) is 0 Å². The highest BCUT2D eigenvalue weighted by Gasteiger charge is 2.21. The summed E-state index contributed by atoms with van der Waals surface area (Å²) in [5.74, 6) is 1.72. The molecule has 0 bridgehead atoms. The van der Waals surface area contributed by atoms with Crippen LogP contribution in [-0.4, -0.2) is 15.1 Å². The van der Waals surface area contributed by atoms with E-state index in [0.717, 1.165) is 22.4 Å². The first-order valence-electron chi connectivity index (χ1n) is 6.76. The monoisotopic (exact) mass is 244 g/mol. The number of rotatable bonds is 2. The molecule has 1 aliphatic carbocycles. The Kier molecular flexibility index (Phi) is 2.67. The molecule has 0 amide bonds. The Morgan fingerprint density at radius 1 is 1.28 bits per heavy atom. The Bertz CT molecular complexity index is 559. The summed E-state index contributed by atoms with van der Waals surface area (Å²) >= 11 is 0. The Hall–Kier alpha value is -1.35. The predicted octanol–water partition coefficient (Wildman–Crippen LogP) is 3.45. The van der Waals surface area contributed by atoms with Gasteiger partial charge < -0.3 is 10.1 Å². The Labute approximate surface area is 107 Å². The molecule has 1 saturated carbocycles. The molecule has 1 aromatic heterocycles. The minimum atomic E-state index is -0.799. The zero-order valence-electron chi connectivity index (χ0n) is 11.0. The van der Waals surface area contributed by atoms with Gasteiger partial charge in [-0.25, -0.2) is 4.98 Å². The molecule has 0 unspecified atom stereocenters. The summed E-state index contributed by atoms with van der Waals surface area (Å²) in [5.41, 5.74) is 2.17. The van der Waals surface area contributed by atoms with Gasteiger partial charge in [0.15, 0.2) is 0 Å². The van der Waals surface area contributed by atoms with Gasteiger partial charge in [-0.3, -0.25) is 0 Å². The second kappa shape index (κ2) is 4.09. The average Bonchev–Trinajstić information content (AvgIpc) is 2.95. The third kappa shape index (κ3) is 2.03. The van der Waals surface area contributed by atoms with E-state index in [1.54, 1.807) is 0 Å². The van der Waals surface area contributed by atoms with Gasteiger partial charge in [0.25, 0.3) is 0 Å². The summed E-state index contributed by atoms with van der Waals surface area (Å²) in [6.45, 7) is 3.62. The fourth-order valence-corrected chi connectivity index (χ4v) is 2.80. The summed E-state index contributed by atoms with van der Waals surface area (Å²) in [5, 5.41) is 10.0. The van der Waals surface area contributed by atoms with Gasteiger partial charge in [-0.1, -0.05) is 18.9 Å². The minimum absolute atomic E-state index is 0.600. The highest BCUT2D eigenvalue weighted by molar-refractivity contribution is 5.76. The molecule has 0 aliphatic heterocycles. The summed E-state index contributed by atoms with van der Waals surface area (Å²) in [6.07, 6.45) is 5.13. The topological polar surface area (TPSA) is 48.9 Å². The van der Waals surface area contributed by atoms with Crippen LogP contribution in [0.1, 0.15) is 56.8 Å². The van der Waals surface area contributed by atoms with Crippen LogP contribution < -0.4 is 0 Å². The van der Waals surface area contributed by atoms with Crippen molar-refractivity contribution in [2.75, 3.05) is 0 Å². The molecule has 3 rings (SSSR count). The van der Waals surface area contributed by atoms with Crippen LogP contribution in [0.3, 0.4) is 0 Å². The van der Waals surface area contributed by atoms with E-state index in [9.17, 15) is 5.11 Å². The molecule has 3 heteroatoms. The third-order valence-corrected chi connectivity index (χ3v) is 3.95. The molecule has 96 valence electrons. The van der Waals surface area contributed by atoms with E-state index < -0.39 is 5.60 Å². The molecule has 0 radical (unpaired) electrons. The van der Waals surface area contributed by atoms with Crippen LogP contribution in [0, 0.1) is 0 Å². The summed E-state index contributed by atoms with van der Waals surface area (Å²) in [6, 6.07) is 5.97. The van der Waals surface area contributed by atoms with Gasteiger partial charge >= 0.3 is 0 Å². The largest absolute Gasteiger partial charge is 0.386 e. The van der Waals surface area contributed by atoms with E-state index >= 15 is 0 Å². The van der Waals surface area contributed by atoms with Gasteiger partial charge in [-0.15, -0.1) is 0 Å². The number of fused-ring (bicyclic) bond motifs is 1. The highest BCUT2D eigenvalue weighted by atomic mass is 16.3. The lowest BCUT2D eigenvalue weighted by Crippen LogP contribution is -2.14. The molecular formula is C15H20N2O. The van der Waals surface area contributed by atoms with Crippen molar-refractivity contribution in [1.82, 2.24) is 9.97 Å². The molecule has 1 aliphatic rings. The SMILES string of the molecule is CC(C)(O)c1ccc2nc(C3CCCC3)[nH]c2c1. The predicted molar refractivity (Wildman–Crippen MR) is 72.5 cm³/mol. The average molecular weight is 244 g/mol. The standard InChI is InChI=1S/C15H20N2O/c1-15(2,18)11-7-8-12-13(9-11)17-14(16-12)10-5-3-4-6-10/h7-10,18H,3-6H2,1-2H3,(H,16,17). The first-order valence-corrected chi connectivity index (χ1v) is 6.76. The maximum Gasteiger partial charge on any atom is 0.110 e. The summed E-state index contributed by atoms with van der Waals surface area (Å²) in [4.78, 5) is 8.11. The van der Waals surface area contributed by atoms with E-state index in [1.807, 2.05) is 32.0 Å². The normalized spacial score (nSPS) is 17.7. The maximum atomic E-state index is 10.0. The van der Waals surface area contributed by atoms with Crippen molar-refractivity contribution in [2.45, 2.75) is 51.0 Å². The Morgan fingerprint density at radius 2 is 2.00 bits per heavy atom. The van der Waals surface area contributed by atoms with Crippen molar-refractivity contribution < 1.29 is 5.11 Å². The second-order valence-corrected chi connectivity index (χ2v) is 5.89. The molecule has 0 atom stereocenters. The van der Waals surface area contributed by atoms with Crippen LogP contribution >= 0.6 is 0 Å². The zero-order chi connectivity index (χ0) is 12.8. The van der Waals surface area contributed by atoms with E-state index in [0.29, 0.717) is 5.92 Å². The number of aliphatic hydroxyl groups is 1. The number of aromatic amines is 1. The maximum absolute atomic E-state index is 10.0. The van der Waals surface area contributed by atoms with Gasteiger partial charge in [0.2, 0.25) is 0 Å². The smallest absolute Gasteiger partial charge is 0.110 e. The molecule has 1 aromatic carbocycles. The number of hydrogen-bond donors (Lipinski definition) is 2.